The number of aromatic nitrogens is 4. The van der Waals surface area contributed by atoms with E-state index in [1.807, 2.05) is 31.3 Å². The predicted molar refractivity (Wildman–Crippen MR) is 168 cm³/mol. The number of nitrogens with zero attached hydrogens (tertiary/aromatic N) is 4. The summed E-state index contributed by atoms with van der Waals surface area (Å²) in [5.41, 5.74) is 2.09. The van der Waals surface area contributed by atoms with Gasteiger partial charge < -0.3 is 15.2 Å². The Labute approximate surface area is 248 Å². The molecule has 0 radical (unpaired) electrons. The van der Waals surface area contributed by atoms with Crippen molar-refractivity contribution in [1.82, 2.24) is 29.3 Å². The summed E-state index contributed by atoms with van der Waals surface area (Å²) in [5.74, 6) is 1.24. The Morgan fingerprint density at radius 2 is 1.60 bits per heavy atom. The van der Waals surface area contributed by atoms with E-state index in [1.54, 1.807) is 16.7 Å². The lowest BCUT2D eigenvalue weighted by Gasteiger charge is -2.24. The minimum atomic E-state index is -0.269. The maximum absolute atomic E-state index is 13.8. The number of carbonyl (C=O) groups is 1. The Morgan fingerprint density at radius 3 is 2.21 bits per heavy atom. The second kappa shape index (κ2) is 14.1. The van der Waals surface area contributed by atoms with Gasteiger partial charge in [-0.3, -0.25) is 18.7 Å². The van der Waals surface area contributed by atoms with Crippen molar-refractivity contribution >= 4 is 23.1 Å². The minimum Gasteiger partial charge on any atom is -0.351 e. The molecule has 2 aromatic heterocycles. The molecule has 0 unspecified atom stereocenters. The summed E-state index contributed by atoms with van der Waals surface area (Å²) < 4.78 is 3.24. The first-order valence-electron chi connectivity index (χ1n) is 15.9. The van der Waals surface area contributed by atoms with E-state index in [0.717, 1.165) is 49.9 Å². The van der Waals surface area contributed by atoms with E-state index in [1.165, 1.54) is 43.1 Å². The van der Waals surface area contributed by atoms with E-state index in [-0.39, 0.29) is 17.2 Å². The highest BCUT2D eigenvalue weighted by atomic mass is 16.2. The molecule has 5 rings (SSSR count). The Bertz CT molecular complexity index is 1490. The van der Waals surface area contributed by atoms with E-state index in [2.05, 4.69) is 22.1 Å². The van der Waals surface area contributed by atoms with Crippen LogP contribution in [0.25, 0.3) is 28.6 Å². The quantitative estimate of drug-likeness (QED) is 0.320. The lowest BCUT2D eigenvalue weighted by Crippen LogP contribution is -2.42. The zero-order chi connectivity index (χ0) is 29.5. The van der Waals surface area contributed by atoms with Crippen molar-refractivity contribution in [3.63, 3.8) is 0 Å². The molecule has 3 aromatic rings. The van der Waals surface area contributed by atoms with Crippen LogP contribution in [-0.4, -0.2) is 56.6 Å². The number of rotatable bonds is 11. The molecule has 2 aliphatic carbocycles. The molecule has 226 valence electrons. The van der Waals surface area contributed by atoms with Crippen molar-refractivity contribution < 1.29 is 4.79 Å². The van der Waals surface area contributed by atoms with Crippen LogP contribution in [0, 0.1) is 11.8 Å². The van der Waals surface area contributed by atoms with Crippen LogP contribution >= 0.6 is 0 Å². The predicted octanol–water partition coefficient (Wildman–Crippen LogP) is 4.80. The van der Waals surface area contributed by atoms with Gasteiger partial charge in [-0.1, -0.05) is 69.7 Å². The van der Waals surface area contributed by atoms with Crippen molar-refractivity contribution in [3.05, 3.63) is 56.7 Å². The van der Waals surface area contributed by atoms with Gasteiger partial charge in [-0.15, -0.1) is 0 Å². The number of fused-ring (bicyclic) bond motifs is 1. The zero-order valence-corrected chi connectivity index (χ0v) is 25.2. The standard InChI is InChI=1S/C33H46N6O3/c1-3-37(2)21-20-34-28(40)19-16-24-14-17-27(18-15-24)30-35-29-31(36-30)38(22-25-10-6-4-7-11-25)33(42)39(32(29)41)23-26-12-8-5-9-13-26/h14-19,25-26H,3-13,20-23H2,1-2H3,(H,34,40)(H,35,36)/b19-16+. The average molecular weight is 575 g/mol. The Balaban J connectivity index is 1.39. The van der Waals surface area contributed by atoms with E-state index >= 15 is 0 Å². The molecule has 42 heavy (non-hydrogen) atoms. The SMILES string of the molecule is CCN(C)CCNC(=O)/C=C/c1ccc(-c2nc3c([nH]2)c(=O)n(CC2CCCCC2)c(=O)n3CC2CCCCC2)cc1. The first-order chi connectivity index (χ1) is 20.4. The van der Waals surface area contributed by atoms with Gasteiger partial charge >= 0.3 is 5.69 Å². The largest absolute Gasteiger partial charge is 0.351 e. The van der Waals surface area contributed by atoms with Crippen molar-refractivity contribution in [2.45, 2.75) is 84.2 Å². The van der Waals surface area contributed by atoms with Crippen LogP contribution in [0.4, 0.5) is 0 Å². The highest BCUT2D eigenvalue weighted by molar-refractivity contribution is 5.91. The lowest BCUT2D eigenvalue weighted by molar-refractivity contribution is -0.116. The van der Waals surface area contributed by atoms with Crippen LogP contribution in [0.15, 0.2) is 39.9 Å². The molecule has 0 atom stereocenters. The highest BCUT2D eigenvalue weighted by Crippen LogP contribution is 2.27. The van der Waals surface area contributed by atoms with Gasteiger partial charge in [-0.2, -0.15) is 0 Å². The number of benzene rings is 1. The van der Waals surface area contributed by atoms with Crippen LogP contribution < -0.4 is 16.6 Å². The third-order valence-corrected chi connectivity index (χ3v) is 9.14. The Hall–Kier alpha value is -3.46. The van der Waals surface area contributed by atoms with Gasteiger partial charge in [0, 0.05) is 37.8 Å². The fourth-order valence-corrected chi connectivity index (χ4v) is 6.40. The van der Waals surface area contributed by atoms with Gasteiger partial charge in [0.25, 0.3) is 5.56 Å². The first kappa shape index (κ1) is 30.0. The molecule has 2 fully saturated rings. The smallest absolute Gasteiger partial charge is 0.332 e. The summed E-state index contributed by atoms with van der Waals surface area (Å²) in [4.78, 5) is 49.9. The van der Waals surface area contributed by atoms with Crippen molar-refractivity contribution in [2.75, 3.05) is 26.7 Å². The van der Waals surface area contributed by atoms with Crippen LogP contribution in [0.2, 0.25) is 0 Å². The summed E-state index contributed by atoms with van der Waals surface area (Å²) in [7, 11) is 2.02. The summed E-state index contributed by atoms with van der Waals surface area (Å²) in [6.07, 6.45) is 14.9. The zero-order valence-electron chi connectivity index (χ0n) is 25.2. The summed E-state index contributed by atoms with van der Waals surface area (Å²) in [5, 5.41) is 2.90. The molecule has 2 heterocycles. The fourth-order valence-electron chi connectivity index (χ4n) is 6.40. The molecular weight excluding hydrogens is 528 g/mol. The number of aromatic amines is 1. The second-order valence-corrected chi connectivity index (χ2v) is 12.2. The van der Waals surface area contributed by atoms with Crippen LogP contribution in [0.3, 0.4) is 0 Å². The van der Waals surface area contributed by atoms with Gasteiger partial charge in [-0.25, -0.2) is 9.78 Å². The molecule has 0 aliphatic heterocycles. The average Bonchev–Trinajstić information content (AvgIpc) is 3.47. The molecule has 2 saturated carbocycles. The summed E-state index contributed by atoms with van der Waals surface area (Å²) in [6.45, 7) is 5.52. The molecule has 0 bridgehead atoms. The third kappa shape index (κ3) is 7.30. The van der Waals surface area contributed by atoms with Crippen LogP contribution in [0.1, 0.15) is 76.7 Å². The molecule has 2 aliphatic rings. The molecule has 2 N–H and O–H groups in total. The third-order valence-electron chi connectivity index (χ3n) is 9.14. The number of H-pyrrole nitrogens is 1. The highest BCUT2D eigenvalue weighted by Gasteiger charge is 2.24. The lowest BCUT2D eigenvalue weighted by atomic mass is 9.89. The van der Waals surface area contributed by atoms with Crippen LogP contribution in [-0.2, 0) is 17.9 Å². The Kier molecular flexibility index (Phi) is 10.1. The number of hydrogen-bond donors (Lipinski definition) is 2. The van der Waals surface area contributed by atoms with E-state index in [4.69, 9.17) is 4.98 Å². The van der Waals surface area contributed by atoms with Gasteiger partial charge in [0.1, 0.15) is 11.3 Å². The summed E-state index contributed by atoms with van der Waals surface area (Å²) in [6, 6.07) is 7.70. The fraction of sp³-hybridized carbons (Fsp3) is 0.576. The van der Waals surface area contributed by atoms with Gasteiger partial charge in [-0.05, 0) is 62.8 Å². The molecule has 0 saturated heterocycles. The molecule has 1 amide bonds. The summed E-state index contributed by atoms with van der Waals surface area (Å²) >= 11 is 0. The first-order valence-corrected chi connectivity index (χ1v) is 15.9. The number of carbonyl (C=O) groups excluding carboxylic acids is 1. The normalized spacial score (nSPS) is 17.0. The minimum absolute atomic E-state index is 0.124. The molecular formula is C33H46N6O3. The Morgan fingerprint density at radius 1 is 0.976 bits per heavy atom. The molecule has 9 nitrogen and oxygen atoms in total. The number of likely N-dealkylation sites (N-methyl/N-ethyl adjacent to an activating group) is 1. The van der Waals surface area contributed by atoms with Crippen molar-refractivity contribution in [2.24, 2.45) is 11.8 Å². The maximum atomic E-state index is 13.8. The van der Waals surface area contributed by atoms with E-state index < -0.39 is 0 Å². The monoisotopic (exact) mass is 574 g/mol. The number of hydrogen-bond acceptors (Lipinski definition) is 5. The number of nitrogens with one attached hydrogen (secondary N) is 2. The molecule has 0 spiro atoms. The van der Waals surface area contributed by atoms with Crippen LogP contribution in [0.5, 0.6) is 0 Å². The number of amides is 1. The topological polar surface area (TPSA) is 105 Å². The van der Waals surface area contributed by atoms with E-state index in [0.29, 0.717) is 48.5 Å². The molecule has 1 aromatic carbocycles. The van der Waals surface area contributed by atoms with Crippen molar-refractivity contribution in [3.8, 4) is 11.4 Å². The maximum Gasteiger partial charge on any atom is 0.332 e. The van der Waals surface area contributed by atoms with Crippen molar-refractivity contribution in [1.29, 1.82) is 0 Å². The van der Waals surface area contributed by atoms with Gasteiger partial charge in [0.2, 0.25) is 5.91 Å². The second-order valence-electron chi connectivity index (χ2n) is 12.2. The molecule has 9 heteroatoms. The van der Waals surface area contributed by atoms with Gasteiger partial charge in [0.05, 0.1) is 0 Å². The number of imidazole rings is 1. The van der Waals surface area contributed by atoms with E-state index in [9.17, 15) is 14.4 Å². The van der Waals surface area contributed by atoms with Gasteiger partial charge in [0.15, 0.2) is 5.65 Å².